The quantitative estimate of drug-likeness (QED) is 0.854. The third-order valence-electron chi connectivity index (χ3n) is 2.75. The second kappa shape index (κ2) is 5.39. The Morgan fingerprint density at radius 3 is 2.95 bits per heavy atom. The van der Waals surface area contributed by atoms with Crippen molar-refractivity contribution in [2.75, 3.05) is 7.11 Å². The van der Waals surface area contributed by atoms with Crippen LogP contribution in [0.3, 0.4) is 0 Å². The zero-order chi connectivity index (χ0) is 13.8. The lowest BCUT2D eigenvalue weighted by molar-refractivity contribution is -0.131. The summed E-state index contributed by atoms with van der Waals surface area (Å²) in [5, 5.41) is 12.9. The highest BCUT2D eigenvalue weighted by Gasteiger charge is 2.07. The lowest BCUT2D eigenvalue weighted by atomic mass is 10.2. The normalized spacial score (nSPS) is 10.8. The van der Waals surface area contributed by atoms with E-state index in [1.807, 2.05) is 31.2 Å². The summed E-state index contributed by atoms with van der Waals surface area (Å²) >= 11 is 0. The molecule has 0 saturated heterocycles. The second-order valence-electron chi connectivity index (χ2n) is 3.97. The van der Waals surface area contributed by atoms with Gasteiger partial charge in [-0.25, -0.2) is 9.48 Å². The molecule has 0 spiro atoms. The molecule has 0 bridgehead atoms. The molecule has 0 radical (unpaired) electrons. The molecule has 1 aromatic heterocycles. The maximum absolute atomic E-state index is 10.5. The fraction of sp³-hybridized carbons (Fsp3) is 0.143. The minimum Gasteiger partial charge on any atom is -0.497 e. The van der Waals surface area contributed by atoms with Gasteiger partial charge in [0.1, 0.15) is 5.75 Å². The number of methoxy groups -OCH3 is 1. The zero-order valence-electron chi connectivity index (χ0n) is 10.7. The summed E-state index contributed by atoms with van der Waals surface area (Å²) in [6.07, 6.45) is 4.26. The molecule has 0 saturated carbocycles. The Balaban J connectivity index is 2.38. The van der Waals surface area contributed by atoms with Crippen molar-refractivity contribution in [1.82, 2.24) is 9.78 Å². The third kappa shape index (κ3) is 2.82. The molecule has 1 N–H and O–H groups in total. The highest BCUT2D eigenvalue weighted by atomic mass is 16.5. The van der Waals surface area contributed by atoms with Crippen molar-refractivity contribution in [3.05, 3.63) is 47.8 Å². The smallest absolute Gasteiger partial charge is 0.328 e. The lowest BCUT2D eigenvalue weighted by Gasteiger charge is -2.06. The number of hydrogen-bond donors (Lipinski definition) is 1. The summed E-state index contributed by atoms with van der Waals surface area (Å²) < 4.78 is 6.91. The van der Waals surface area contributed by atoms with Crippen molar-refractivity contribution in [2.24, 2.45) is 0 Å². The predicted octanol–water partition coefficient (Wildman–Crippen LogP) is 2.29. The first-order valence-electron chi connectivity index (χ1n) is 5.72. The van der Waals surface area contributed by atoms with Crippen LogP contribution < -0.4 is 4.74 Å². The molecular weight excluding hydrogens is 244 g/mol. The van der Waals surface area contributed by atoms with Crippen LogP contribution in [0.5, 0.6) is 5.75 Å². The average Bonchev–Trinajstić information content (AvgIpc) is 2.78. The van der Waals surface area contributed by atoms with Crippen LogP contribution in [-0.4, -0.2) is 28.0 Å². The maximum Gasteiger partial charge on any atom is 0.328 e. The number of aliphatic carboxylic acids is 1. The molecule has 0 unspecified atom stereocenters. The summed E-state index contributed by atoms with van der Waals surface area (Å²) in [5.41, 5.74) is 2.50. The van der Waals surface area contributed by atoms with Crippen LogP contribution in [0.4, 0.5) is 0 Å². The average molecular weight is 258 g/mol. The van der Waals surface area contributed by atoms with E-state index in [2.05, 4.69) is 5.10 Å². The zero-order valence-corrected chi connectivity index (χ0v) is 10.7. The third-order valence-corrected chi connectivity index (χ3v) is 2.75. The van der Waals surface area contributed by atoms with Gasteiger partial charge in [0.15, 0.2) is 0 Å². The standard InChI is InChI=1S/C14H14N2O3/c1-10-11(6-7-14(17)18)9-15-16(10)12-4-3-5-13(8-12)19-2/h3-9H,1-2H3,(H,17,18)/b7-6+. The molecule has 2 rings (SSSR count). The molecule has 5 nitrogen and oxygen atoms in total. The molecule has 0 amide bonds. The number of benzene rings is 1. The Morgan fingerprint density at radius 1 is 1.47 bits per heavy atom. The van der Waals surface area contributed by atoms with Crippen molar-refractivity contribution >= 4 is 12.0 Å². The molecule has 0 atom stereocenters. The molecule has 2 aromatic rings. The molecule has 19 heavy (non-hydrogen) atoms. The van der Waals surface area contributed by atoms with Crippen LogP contribution in [0.2, 0.25) is 0 Å². The number of carbonyl (C=O) groups is 1. The second-order valence-corrected chi connectivity index (χ2v) is 3.97. The van der Waals surface area contributed by atoms with Crippen LogP contribution in [0.15, 0.2) is 36.5 Å². The molecule has 5 heteroatoms. The Hall–Kier alpha value is -2.56. The van der Waals surface area contributed by atoms with Gasteiger partial charge in [0.25, 0.3) is 0 Å². The van der Waals surface area contributed by atoms with Crippen molar-refractivity contribution < 1.29 is 14.6 Å². The highest BCUT2D eigenvalue weighted by Crippen LogP contribution is 2.19. The van der Waals surface area contributed by atoms with Gasteiger partial charge in [-0.05, 0) is 25.1 Å². The summed E-state index contributed by atoms with van der Waals surface area (Å²) in [4.78, 5) is 10.5. The van der Waals surface area contributed by atoms with E-state index < -0.39 is 5.97 Å². The molecular formula is C14H14N2O3. The first-order valence-corrected chi connectivity index (χ1v) is 5.72. The van der Waals surface area contributed by atoms with Gasteiger partial charge in [0, 0.05) is 23.4 Å². The number of carboxylic acid groups (broad SMARTS) is 1. The molecule has 0 aliphatic rings. The number of nitrogens with zero attached hydrogens (tertiary/aromatic N) is 2. The van der Waals surface area contributed by atoms with E-state index in [1.165, 1.54) is 6.08 Å². The predicted molar refractivity (Wildman–Crippen MR) is 71.5 cm³/mol. The number of rotatable bonds is 4. The van der Waals surface area contributed by atoms with E-state index in [9.17, 15) is 4.79 Å². The molecule has 1 heterocycles. The van der Waals surface area contributed by atoms with Gasteiger partial charge < -0.3 is 9.84 Å². The van der Waals surface area contributed by atoms with Gasteiger partial charge in [-0.2, -0.15) is 5.10 Å². The van der Waals surface area contributed by atoms with E-state index >= 15 is 0 Å². The van der Waals surface area contributed by atoms with Crippen LogP contribution in [-0.2, 0) is 4.79 Å². The summed E-state index contributed by atoms with van der Waals surface area (Å²) in [6, 6.07) is 7.51. The summed E-state index contributed by atoms with van der Waals surface area (Å²) in [6.45, 7) is 1.88. The first kappa shape index (κ1) is 12.9. The highest BCUT2D eigenvalue weighted by molar-refractivity contribution is 5.85. The topological polar surface area (TPSA) is 64.4 Å². The van der Waals surface area contributed by atoms with Crippen LogP contribution >= 0.6 is 0 Å². The van der Waals surface area contributed by atoms with Gasteiger partial charge in [-0.3, -0.25) is 0 Å². The molecule has 0 aliphatic carbocycles. The van der Waals surface area contributed by atoms with E-state index in [-0.39, 0.29) is 0 Å². The largest absolute Gasteiger partial charge is 0.497 e. The van der Waals surface area contributed by atoms with Crippen molar-refractivity contribution in [2.45, 2.75) is 6.92 Å². The molecule has 1 aromatic carbocycles. The molecule has 0 aliphatic heterocycles. The molecule has 0 fully saturated rings. The maximum atomic E-state index is 10.5. The first-order chi connectivity index (χ1) is 9.11. The number of carboxylic acids is 1. The lowest BCUT2D eigenvalue weighted by Crippen LogP contribution is -1.99. The number of hydrogen-bond acceptors (Lipinski definition) is 3. The molecule has 98 valence electrons. The van der Waals surface area contributed by atoms with Gasteiger partial charge in [-0.15, -0.1) is 0 Å². The Morgan fingerprint density at radius 2 is 2.26 bits per heavy atom. The van der Waals surface area contributed by atoms with Crippen LogP contribution in [0, 0.1) is 6.92 Å². The summed E-state index contributed by atoms with van der Waals surface area (Å²) in [5.74, 6) is -0.233. The van der Waals surface area contributed by atoms with Crippen molar-refractivity contribution in [3.8, 4) is 11.4 Å². The van der Waals surface area contributed by atoms with Gasteiger partial charge in [0.05, 0.1) is 19.0 Å². The Bertz CT molecular complexity index is 629. The number of ether oxygens (including phenoxy) is 1. The fourth-order valence-electron chi connectivity index (χ4n) is 1.75. The number of aromatic nitrogens is 2. The minimum absolute atomic E-state index is 0.745. The van der Waals surface area contributed by atoms with Crippen LogP contribution in [0.1, 0.15) is 11.3 Å². The SMILES string of the molecule is COc1cccc(-n2ncc(/C=C/C(=O)O)c2C)c1. The van der Waals surface area contributed by atoms with Crippen molar-refractivity contribution in [1.29, 1.82) is 0 Å². The Labute approximate surface area is 110 Å². The Kier molecular flexibility index (Phi) is 3.66. The van der Waals surface area contributed by atoms with Gasteiger partial charge in [0.2, 0.25) is 0 Å². The van der Waals surface area contributed by atoms with Gasteiger partial charge in [-0.1, -0.05) is 6.07 Å². The van der Waals surface area contributed by atoms with Crippen LogP contribution in [0.25, 0.3) is 11.8 Å². The monoisotopic (exact) mass is 258 g/mol. The van der Waals surface area contributed by atoms with E-state index in [4.69, 9.17) is 9.84 Å². The summed E-state index contributed by atoms with van der Waals surface area (Å²) in [7, 11) is 1.61. The van der Waals surface area contributed by atoms with Gasteiger partial charge >= 0.3 is 5.97 Å². The van der Waals surface area contributed by atoms with E-state index in [0.29, 0.717) is 0 Å². The fourth-order valence-corrected chi connectivity index (χ4v) is 1.75. The van der Waals surface area contributed by atoms with E-state index in [1.54, 1.807) is 18.0 Å². The minimum atomic E-state index is -0.978. The van der Waals surface area contributed by atoms with Crippen molar-refractivity contribution in [3.63, 3.8) is 0 Å². The van der Waals surface area contributed by atoms with E-state index in [0.717, 1.165) is 28.8 Å².